The van der Waals surface area contributed by atoms with Crippen molar-refractivity contribution in [2.24, 2.45) is 0 Å². The number of ether oxygens (including phenoxy) is 5. The van der Waals surface area contributed by atoms with Gasteiger partial charge in [-0.2, -0.15) is 0 Å². The summed E-state index contributed by atoms with van der Waals surface area (Å²) >= 11 is 0. The van der Waals surface area contributed by atoms with Crippen LogP contribution in [0.15, 0.2) is 60.4 Å². The molecule has 1 N–H and O–H groups in total. The average Bonchev–Trinajstić information content (AvgIpc) is 3.50. The third kappa shape index (κ3) is 9.30. The summed E-state index contributed by atoms with van der Waals surface area (Å²) in [6.45, 7) is 9.28. The highest BCUT2D eigenvalue weighted by Gasteiger charge is 2.43. The number of hydrogen-bond acceptors (Lipinski definition) is 8. The van der Waals surface area contributed by atoms with Crippen LogP contribution in [0.3, 0.4) is 0 Å². The van der Waals surface area contributed by atoms with Gasteiger partial charge in [0, 0.05) is 49.4 Å². The smallest absolute Gasteiger partial charge is 0.183 e. The number of ketones is 1. The first kappa shape index (κ1) is 36.8. The summed E-state index contributed by atoms with van der Waals surface area (Å²) in [5.74, 6) is 0.699. The minimum absolute atomic E-state index is 0.0918. The van der Waals surface area contributed by atoms with Crippen LogP contribution in [0.2, 0.25) is 0 Å². The van der Waals surface area contributed by atoms with Crippen molar-refractivity contribution in [3.8, 4) is 11.5 Å². The van der Waals surface area contributed by atoms with E-state index in [4.69, 9.17) is 23.7 Å². The monoisotopic (exact) mass is 660 g/mol. The van der Waals surface area contributed by atoms with Crippen LogP contribution in [0.5, 0.6) is 11.5 Å². The van der Waals surface area contributed by atoms with Gasteiger partial charge < -0.3 is 38.3 Å². The van der Waals surface area contributed by atoms with Gasteiger partial charge in [0.05, 0.1) is 52.8 Å². The molecule has 9 heteroatoms. The topological polar surface area (TPSA) is 91.6 Å². The summed E-state index contributed by atoms with van der Waals surface area (Å²) in [4.78, 5) is 16.1. The van der Waals surface area contributed by atoms with Crippen molar-refractivity contribution in [2.45, 2.75) is 52.0 Å². The second-order valence-electron chi connectivity index (χ2n) is 11.8. The third-order valence-corrected chi connectivity index (χ3v) is 8.60. The molecule has 0 fully saturated rings. The molecule has 1 atom stereocenters. The molecule has 0 spiro atoms. The molecule has 0 saturated heterocycles. The number of allylic oxidation sites excluding steroid dienone is 2. The molecule has 0 bridgehead atoms. The molecule has 48 heavy (non-hydrogen) atoms. The Morgan fingerprint density at radius 2 is 1.50 bits per heavy atom. The van der Waals surface area contributed by atoms with Gasteiger partial charge in [-0.1, -0.05) is 38.8 Å². The van der Waals surface area contributed by atoms with Crippen LogP contribution < -0.4 is 14.4 Å². The van der Waals surface area contributed by atoms with Gasteiger partial charge in [-0.05, 0) is 73.0 Å². The fraction of sp³-hybridized carbons (Fsp3) is 0.462. The van der Waals surface area contributed by atoms with Crippen LogP contribution in [-0.2, 0) is 25.5 Å². The Labute approximate surface area is 285 Å². The van der Waals surface area contributed by atoms with Gasteiger partial charge >= 0.3 is 0 Å². The molecule has 1 heterocycles. The number of aromatic nitrogens is 1. The highest BCUT2D eigenvalue weighted by atomic mass is 16.5. The Balaban J connectivity index is 1.57. The van der Waals surface area contributed by atoms with Crippen LogP contribution in [0.25, 0.3) is 17.7 Å². The SMILES string of the molecule is CCCCN(CCCC)c1ccc(C2=C(O)C(c3ccc(/C=C/c4cc(OC)ccc4OC)n3CCOCCOCCOC)C2=O)cc1. The summed E-state index contributed by atoms with van der Waals surface area (Å²) in [6.07, 6.45) is 8.48. The molecule has 0 amide bonds. The molecule has 9 nitrogen and oxygen atoms in total. The molecule has 0 aliphatic heterocycles. The lowest BCUT2D eigenvalue weighted by atomic mass is 9.77. The number of nitrogens with zero attached hydrogens (tertiary/aromatic N) is 2. The quantitative estimate of drug-likeness (QED) is 0.112. The first-order chi connectivity index (χ1) is 23.5. The molecule has 4 rings (SSSR count). The summed E-state index contributed by atoms with van der Waals surface area (Å²) in [5, 5.41) is 11.4. The molecular formula is C39H52N2O7. The number of carbonyl (C=O) groups excluding carboxylic acids is 1. The Hall–Kier alpha value is -4.05. The standard InChI is InChI=1S/C39H52N2O7/c1-6-8-20-40(21-9-7-2)31-13-10-29(11-14-31)36-38(42)37(39(36)43)34-18-16-32(41(34)22-23-47-26-27-48-25-24-44-3)15-12-30-28-33(45-4)17-19-35(30)46-5/h10-19,28,37,42H,6-9,20-27H2,1-5H3/b15-12+. The number of rotatable bonds is 22. The largest absolute Gasteiger partial charge is 0.510 e. The van der Waals surface area contributed by atoms with Crippen LogP contribution in [0, 0.1) is 0 Å². The summed E-state index contributed by atoms with van der Waals surface area (Å²) in [5.41, 5.74) is 4.71. The zero-order valence-corrected chi connectivity index (χ0v) is 29.2. The van der Waals surface area contributed by atoms with Gasteiger partial charge in [0.15, 0.2) is 5.78 Å². The number of aliphatic hydroxyl groups is 1. The molecule has 2 aromatic carbocycles. The number of benzene rings is 2. The van der Waals surface area contributed by atoms with E-state index in [2.05, 4.69) is 30.9 Å². The lowest BCUT2D eigenvalue weighted by Crippen LogP contribution is -2.31. The first-order valence-corrected chi connectivity index (χ1v) is 17.0. The van der Waals surface area contributed by atoms with E-state index in [9.17, 15) is 9.90 Å². The van der Waals surface area contributed by atoms with Crippen molar-refractivity contribution in [3.63, 3.8) is 0 Å². The molecule has 1 unspecified atom stereocenters. The Morgan fingerprint density at radius 1 is 0.812 bits per heavy atom. The molecule has 1 aliphatic carbocycles. The molecule has 3 aromatic rings. The number of aliphatic hydroxyl groups excluding tert-OH is 1. The predicted molar refractivity (Wildman–Crippen MR) is 192 cm³/mol. The first-order valence-electron chi connectivity index (χ1n) is 17.0. The van der Waals surface area contributed by atoms with Crippen molar-refractivity contribution in [1.29, 1.82) is 0 Å². The summed E-state index contributed by atoms with van der Waals surface area (Å²) in [6, 6.07) is 17.5. The fourth-order valence-electron chi connectivity index (χ4n) is 5.85. The second-order valence-corrected chi connectivity index (χ2v) is 11.8. The molecule has 260 valence electrons. The minimum Gasteiger partial charge on any atom is -0.510 e. The van der Waals surface area contributed by atoms with Gasteiger partial charge in [-0.3, -0.25) is 4.79 Å². The predicted octanol–water partition coefficient (Wildman–Crippen LogP) is 7.40. The van der Waals surface area contributed by atoms with Crippen molar-refractivity contribution in [2.75, 3.05) is 72.4 Å². The van der Waals surface area contributed by atoms with Gasteiger partial charge in [0.2, 0.25) is 0 Å². The van der Waals surface area contributed by atoms with E-state index in [-0.39, 0.29) is 11.5 Å². The van der Waals surface area contributed by atoms with E-state index in [0.717, 1.165) is 72.7 Å². The number of unbranched alkanes of at least 4 members (excludes halogenated alkanes) is 2. The van der Waals surface area contributed by atoms with E-state index in [0.29, 0.717) is 50.9 Å². The van der Waals surface area contributed by atoms with Crippen LogP contribution in [0.1, 0.15) is 68.0 Å². The minimum atomic E-state index is -0.740. The number of carbonyl (C=O) groups is 1. The highest BCUT2D eigenvalue weighted by Crippen LogP contribution is 2.44. The van der Waals surface area contributed by atoms with Crippen molar-refractivity contribution < 1.29 is 33.6 Å². The number of methoxy groups -OCH3 is 3. The summed E-state index contributed by atoms with van der Waals surface area (Å²) < 4.78 is 29.4. The molecular weight excluding hydrogens is 608 g/mol. The van der Waals surface area contributed by atoms with Gasteiger partial charge in [-0.25, -0.2) is 0 Å². The van der Waals surface area contributed by atoms with Gasteiger partial charge in [0.25, 0.3) is 0 Å². The fourth-order valence-corrected chi connectivity index (χ4v) is 5.85. The van der Waals surface area contributed by atoms with E-state index < -0.39 is 5.92 Å². The number of Topliss-reactive ketones (excluding diaryl/α,β-unsaturated/α-hetero) is 1. The lowest BCUT2D eigenvalue weighted by Gasteiger charge is -2.30. The van der Waals surface area contributed by atoms with E-state index in [1.165, 1.54) is 0 Å². The Kier molecular flexibility index (Phi) is 14.6. The normalized spacial score (nSPS) is 14.5. The van der Waals surface area contributed by atoms with Gasteiger partial charge in [0.1, 0.15) is 23.2 Å². The molecule has 0 saturated carbocycles. The van der Waals surface area contributed by atoms with E-state index in [1.807, 2.05) is 59.2 Å². The van der Waals surface area contributed by atoms with Crippen LogP contribution in [-0.4, -0.2) is 82.9 Å². The lowest BCUT2D eigenvalue weighted by molar-refractivity contribution is -0.116. The van der Waals surface area contributed by atoms with E-state index >= 15 is 0 Å². The van der Waals surface area contributed by atoms with Gasteiger partial charge in [-0.15, -0.1) is 0 Å². The zero-order chi connectivity index (χ0) is 34.3. The molecule has 0 radical (unpaired) electrons. The maximum absolute atomic E-state index is 13.7. The third-order valence-electron chi connectivity index (χ3n) is 8.60. The van der Waals surface area contributed by atoms with Crippen molar-refractivity contribution in [1.82, 2.24) is 4.57 Å². The maximum atomic E-state index is 13.7. The Morgan fingerprint density at radius 3 is 2.12 bits per heavy atom. The zero-order valence-electron chi connectivity index (χ0n) is 29.2. The van der Waals surface area contributed by atoms with Crippen LogP contribution >= 0.6 is 0 Å². The second kappa shape index (κ2) is 19.1. The number of anilines is 1. The van der Waals surface area contributed by atoms with E-state index in [1.54, 1.807) is 21.3 Å². The molecule has 1 aliphatic rings. The maximum Gasteiger partial charge on any atom is 0.183 e. The van der Waals surface area contributed by atoms with Crippen LogP contribution in [0.4, 0.5) is 5.69 Å². The molecule has 1 aromatic heterocycles. The highest BCUT2D eigenvalue weighted by molar-refractivity contribution is 6.31. The Bertz CT molecular complexity index is 1500. The number of hydrogen-bond donors (Lipinski definition) is 1. The van der Waals surface area contributed by atoms with Crippen molar-refractivity contribution in [3.05, 3.63) is 82.9 Å². The van der Waals surface area contributed by atoms with Crippen molar-refractivity contribution >= 4 is 29.2 Å². The summed E-state index contributed by atoms with van der Waals surface area (Å²) in [7, 11) is 4.90. The average molecular weight is 661 g/mol.